The molecule has 1 aliphatic heterocycles. The number of rotatable bonds is 5. The van der Waals surface area contributed by atoms with Crippen molar-refractivity contribution in [2.45, 2.75) is 38.9 Å². The predicted molar refractivity (Wildman–Crippen MR) is 119 cm³/mol. The van der Waals surface area contributed by atoms with Crippen molar-refractivity contribution < 1.29 is 23.6 Å². The molecule has 0 saturated carbocycles. The minimum absolute atomic E-state index is 0.307. The van der Waals surface area contributed by atoms with Gasteiger partial charge in [-0.2, -0.15) is 0 Å². The summed E-state index contributed by atoms with van der Waals surface area (Å²) < 4.78 is 22.9. The van der Waals surface area contributed by atoms with Crippen LogP contribution in [0.1, 0.15) is 38.2 Å². The highest BCUT2D eigenvalue weighted by molar-refractivity contribution is 6.62. The highest BCUT2D eigenvalue weighted by Gasteiger charge is 2.51. The lowest BCUT2D eigenvalue weighted by molar-refractivity contribution is 0.00578. The van der Waals surface area contributed by atoms with Crippen LogP contribution >= 0.6 is 0 Å². The first kappa shape index (κ1) is 21.2. The number of nitrogens with zero attached hydrogens (tertiary/aromatic N) is 1. The number of anilines is 1. The highest BCUT2D eigenvalue weighted by atomic mass is 16.7. The van der Waals surface area contributed by atoms with Crippen LogP contribution in [0, 0.1) is 0 Å². The number of amides is 1. The molecule has 31 heavy (non-hydrogen) atoms. The maximum Gasteiger partial charge on any atom is 0.494 e. The molecule has 9 heteroatoms. The first-order valence-electron chi connectivity index (χ1n) is 10.0. The van der Waals surface area contributed by atoms with Gasteiger partial charge in [0.2, 0.25) is 5.88 Å². The van der Waals surface area contributed by atoms with Crippen molar-refractivity contribution in [3.8, 4) is 11.6 Å². The van der Waals surface area contributed by atoms with Gasteiger partial charge in [0.25, 0.3) is 5.91 Å². The van der Waals surface area contributed by atoms with Crippen molar-refractivity contribution in [3.05, 3.63) is 42.1 Å². The number of aromatic amines is 1. The molecule has 8 nitrogen and oxygen atoms in total. The first-order chi connectivity index (χ1) is 14.6. The van der Waals surface area contributed by atoms with Gasteiger partial charge in [0.05, 0.1) is 42.1 Å². The number of ether oxygens (including phenoxy) is 2. The molecule has 2 N–H and O–H groups in total. The molecule has 2 aromatic heterocycles. The zero-order valence-corrected chi connectivity index (χ0v) is 18.5. The van der Waals surface area contributed by atoms with Crippen molar-refractivity contribution in [2.75, 3.05) is 19.5 Å². The number of hydrogen-bond acceptors (Lipinski definition) is 6. The van der Waals surface area contributed by atoms with E-state index in [0.29, 0.717) is 28.5 Å². The minimum Gasteiger partial charge on any atom is -0.495 e. The normalized spacial score (nSPS) is 17.0. The van der Waals surface area contributed by atoms with Crippen LogP contribution in [0.2, 0.25) is 0 Å². The summed E-state index contributed by atoms with van der Waals surface area (Å²) in [5, 5.41) is 2.88. The molecule has 1 amide bonds. The Morgan fingerprint density at radius 2 is 1.74 bits per heavy atom. The molecule has 0 spiro atoms. The summed E-state index contributed by atoms with van der Waals surface area (Å²) >= 11 is 0. The van der Waals surface area contributed by atoms with Crippen molar-refractivity contribution in [1.29, 1.82) is 0 Å². The van der Waals surface area contributed by atoms with Crippen LogP contribution in [0.5, 0.6) is 11.6 Å². The lowest BCUT2D eigenvalue weighted by atomic mass is 9.79. The first-order valence-corrected chi connectivity index (χ1v) is 10.0. The molecule has 1 saturated heterocycles. The van der Waals surface area contributed by atoms with Gasteiger partial charge in [-0.05, 0) is 57.4 Å². The molecule has 162 valence electrons. The van der Waals surface area contributed by atoms with Crippen molar-refractivity contribution >= 4 is 35.2 Å². The molecule has 0 bridgehead atoms. The summed E-state index contributed by atoms with van der Waals surface area (Å²) in [5.74, 6) is 0.688. The molecule has 1 aromatic carbocycles. The Labute approximate surface area is 181 Å². The van der Waals surface area contributed by atoms with Crippen LogP contribution in [0.4, 0.5) is 5.69 Å². The van der Waals surface area contributed by atoms with Crippen LogP contribution in [-0.2, 0) is 9.31 Å². The maximum atomic E-state index is 12.8. The topological polar surface area (TPSA) is 94.7 Å². The molecular formula is C22H26BN3O5. The van der Waals surface area contributed by atoms with E-state index in [1.807, 2.05) is 45.9 Å². The number of hydrogen-bond donors (Lipinski definition) is 2. The van der Waals surface area contributed by atoms with Crippen molar-refractivity contribution in [1.82, 2.24) is 9.97 Å². The summed E-state index contributed by atoms with van der Waals surface area (Å²) in [6.07, 6.45) is 0. The number of carbonyl (C=O) groups excluding carboxylic acids is 1. The Kier molecular flexibility index (Phi) is 5.19. The second kappa shape index (κ2) is 7.58. The maximum absolute atomic E-state index is 12.8. The van der Waals surface area contributed by atoms with E-state index in [1.165, 1.54) is 0 Å². The number of nitrogens with one attached hydrogen (secondary N) is 2. The quantitative estimate of drug-likeness (QED) is 0.613. The monoisotopic (exact) mass is 423 g/mol. The van der Waals surface area contributed by atoms with Gasteiger partial charge in [0.15, 0.2) is 0 Å². The van der Waals surface area contributed by atoms with E-state index in [0.717, 1.165) is 11.0 Å². The van der Waals surface area contributed by atoms with Gasteiger partial charge in [0, 0.05) is 6.07 Å². The molecule has 0 atom stereocenters. The number of benzene rings is 1. The van der Waals surface area contributed by atoms with Crippen LogP contribution in [0.3, 0.4) is 0 Å². The summed E-state index contributed by atoms with van der Waals surface area (Å²) in [6.45, 7) is 8.01. The Balaban J connectivity index is 1.56. The number of fused-ring (bicyclic) bond motifs is 1. The van der Waals surface area contributed by atoms with Gasteiger partial charge >= 0.3 is 7.12 Å². The van der Waals surface area contributed by atoms with Crippen LogP contribution in [-0.4, -0.2) is 48.4 Å². The lowest BCUT2D eigenvalue weighted by Crippen LogP contribution is -2.41. The van der Waals surface area contributed by atoms with E-state index in [-0.39, 0.29) is 5.91 Å². The third-order valence-corrected chi connectivity index (χ3v) is 5.90. The van der Waals surface area contributed by atoms with Crippen molar-refractivity contribution in [2.24, 2.45) is 0 Å². The SMILES string of the molecule is COc1ccc2[nH]c(C(=O)Nc3ccc(B4OC(C)(C)C(C)(C)O4)cc3OC)cc2n1. The summed E-state index contributed by atoms with van der Waals surface area (Å²) in [7, 11) is 2.59. The zero-order valence-electron chi connectivity index (χ0n) is 18.5. The van der Waals surface area contributed by atoms with Gasteiger partial charge in [0.1, 0.15) is 11.4 Å². The molecule has 0 unspecified atom stereocenters. The van der Waals surface area contributed by atoms with Crippen LogP contribution < -0.4 is 20.3 Å². The average molecular weight is 423 g/mol. The van der Waals surface area contributed by atoms with E-state index in [1.54, 1.807) is 32.4 Å². The zero-order chi connectivity index (χ0) is 22.4. The lowest BCUT2D eigenvalue weighted by Gasteiger charge is -2.32. The number of carbonyl (C=O) groups is 1. The van der Waals surface area contributed by atoms with E-state index >= 15 is 0 Å². The summed E-state index contributed by atoms with van der Waals surface area (Å²) in [4.78, 5) is 20.2. The molecule has 0 aliphatic carbocycles. The highest BCUT2D eigenvalue weighted by Crippen LogP contribution is 2.37. The van der Waals surface area contributed by atoms with Gasteiger partial charge in [-0.1, -0.05) is 6.07 Å². The molecule has 3 heterocycles. The second-order valence-electron chi connectivity index (χ2n) is 8.47. The molecule has 0 radical (unpaired) electrons. The Morgan fingerprint density at radius 3 is 2.39 bits per heavy atom. The minimum atomic E-state index is -0.515. The second-order valence-corrected chi connectivity index (χ2v) is 8.47. The van der Waals surface area contributed by atoms with Crippen LogP contribution in [0.15, 0.2) is 36.4 Å². The smallest absolute Gasteiger partial charge is 0.494 e. The largest absolute Gasteiger partial charge is 0.495 e. The van der Waals surface area contributed by atoms with E-state index in [4.69, 9.17) is 18.8 Å². The molecule has 1 fully saturated rings. The van der Waals surface area contributed by atoms with Gasteiger partial charge in [-0.15, -0.1) is 0 Å². The Bertz CT molecular complexity index is 1130. The van der Waals surface area contributed by atoms with Gasteiger partial charge in [-0.3, -0.25) is 4.79 Å². The Morgan fingerprint density at radius 1 is 1.03 bits per heavy atom. The van der Waals surface area contributed by atoms with E-state index < -0.39 is 18.3 Å². The summed E-state index contributed by atoms with van der Waals surface area (Å²) in [5.41, 5.74) is 2.25. The van der Waals surface area contributed by atoms with Gasteiger partial charge < -0.3 is 29.1 Å². The number of methoxy groups -OCH3 is 2. The number of aromatic nitrogens is 2. The van der Waals surface area contributed by atoms with Crippen LogP contribution in [0.25, 0.3) is 11.0 Å². The van der Waals surface area contributed by atoms with Crippen molar-refractivity contribution in [3.63, 3.8) is 0 Å². The third-order valence-electron chi connectivity index (χ3n) is 5.90. The Hall–Kier alpha value is -3.04. The average Bonchev–Trinajstić information content (AvgIpc) is 3.25. The molecular weight excluding hydrogens is 397 g/mol. The predicted octanol–water partition coefficient (Wildman–Crippen LogP) is 3.13. The van der Waals surface area contributed by atoms with E-state index in [2.05, 4.69) is 15.3 Å². The van der Waals surface area contributed by atoms with Gasteiger partial charge in [-0.25, -0.2) is 4.98 Å². The standard InChI is InChI=1S/C22H26BN3O5/c1-21(2)22(3,4)31-23(30-21)13-7-8-15(18(11-13)28-5)26-20(27)17-12-16-14(24-17)9-10-19(25-16)29-6/h7-12,24H,1-6H3,(H,26,27). The fourth-order valence-electron chi connectivity index (χ4n) is 3.35. The molecule has 3 aromatic rings. The number of H-pyrrole nitrogens is 1. The fraction of sp³-hybridized carbons (Fsp3) is 0.364. The fourth-order valence-corrected chi connectivity index (χ4v) is 3.35. The molecule has 1 aliphatic rings. The van der Waals surface area contributed by atoms with E-state index in [9.17, 15) is 4.79 Å². The molecule has 4 rings (SSSR count). The number of pyridine rings is 1. The third kappa shape index (κ3) is 3.86. The summed E-state index contributed by atoms with van der Waals surface area (Å²) in [6, 6.07) is 10.7.